The fourth-order valence-corrected chi connectivity index (χ4v) is 2.16. The molecule has 5 nitrogen and oxygen atoms in total. The summed E-state index contributed by atoms with van der Waals surface area (Å²) in [5.74, 6) is 1.33. The molecular formula is C11H19N3O2. The van der Waals surface area contributed by atoms with Crippen LogP contribution in [0.25, 0.3) is 0 Å². The topological polar surface area (TPSA) is 62.4 Å². The first kappa shape index (κ1) is 11.5. The van der Waals surface area contributed by atoms with Gasteiger partial charge in [0.25, 0.3) is 0 Å². The lowest BCUT2D eigenvalue weighted by Gasteiger charge is -2.24. The van der Waals surface area contributed by atoms with Crippen molar-refractivity contribution in [2.24, 2.45) is 0 Å². The summed E-state index contributed by atoms with van der Waals surface area (Å²) >= 11 is 0. The smallest absolute Gasteiger partial charge is 0.232 e. The van der Waals surface area contributed by atoms with E-state index in [9.17, 15) is 5.11 Å². The first-order valence-electron chi connectivity index (χ1n) is 5.82. The van der Waals surface area contributed by atoms with Crippen LogP contribution < -0.4 is 0 Å². The Kier molecular flexibility index (Phi) is 3.56. The summed E-state index contributed by atoms with van der Waals surface area (Å²) in [6.07, 6.45) is 3.70. The van der Waals surface area contributed by atoms with Crippen molar-refractivity contribution in [1.82, 2.24) is 15.0 Å². The van der Waals surface area contributed by atoms with Crippen molar-refractivity contribution in [3.05, 3.63) is 11.7 Å². The van der Waals surface area contributed by atoms with E-state index in [0.717, 1.165) is 25.7 Å². The highest BCUT2D eigenvalue weighted by Crippen LogP contribution is 2.31. The maximum atomic E-state index is 9.88. The number of hydrogen-bond donors (Lipinski definition) is 1. The Balaban J connectivity index is 2.05. The van der Waals surface area contributed by atoms with E-state index in [-0.39, 0.29) is 12.0 Å². The molecule has 1 aliphatic carbocycles. The predicted molar refractivity (Wildman–Crippen MR) is 58.9 cm³/mol. The van der Waals surface area contributed by atoms with Crippen LogP contribution >= 0.6 is 0 Å². The Bertz CT molecular complexity index is 338. The highest BCUT2D eigenvalue weighted by atomic mass is 16.5. The van der Waals surface area contributed by atoms with Gasteiger partial charge in [0.1, 0.15) is 0 Å². The second-order valence-electron chi connectivity index (χ2n) is 4.74. The summed E-state index contributed by atoms with van der Waals surface area (Å²) in [6, 6.07) is 0. The van der Waals surface area contributed by atoms with Gasteiger partial charge in [-0.05, 0) is 26.9 Å². The maximum absolute atomic E-state index is 9.88. The first-order chi connectivity index (χ1) is 7.66. The van der Waals surface area contributed by atoms with E-state index in [1.165, 1.54) is 0 Å². The molecular weight excluding hydrogens is 206 g/mol. The molecule has 2 unspecified atom stereocenters. The van der Waals surface area contributed by atoms with Crippen LogP contribution in [-0.2, 0) is 6.54 Å². The lowest BCUT2D eigenvalue weighted by molar-refractivity contribution is 0.0908. The third-order valence-electron chi connectivity index (χ3n) is 2.99. The Morgan fingerprint density at radius 1 is 1.38 bits per heavy atom. The van der Waals surface area contributed by atoms with Crippen LogP contribution in [0.3, 0.4) is 0 Å². The molecule has 1 aromatic heterocycles. The van der Waals surface area contributed by atoms with Gasteiger partial charge >= 0.3 is 0 Å². The molecule has 0 saturated heterocycles. The molecule has 5 heteroatoms. The molecule has 0 bridgehead atoms. The van der Waals surface area contributed by atoms with Crippen molar-refractivity contribution < 1.29 is 9.63 Å². The molecule has 1 fully saturated rings. The molecule has 1 heterocycles. The summed E-state index contributed by atoms with van der Waals surface area (Å²) in [7, 11) is 3.93. The molecule has 0 spiro atoms. The van der Waals surface area contributed by atoms with Gasteiger partial charge in [-0.15, -0.1) is 0 Å². The highest BCUT2D eigenvalue weighted by Gasteiger charge is 2.29. The average Bonchev–Trinajstić information content (AvgIpc) is 2.66. The predicted octanol–water partition coefficient (Wildman–Crippen LogP) is 1.15. The zero-order chi connectivity index (χ0) is 11.5. The van der Waals surface area contributed by atoms with Crippen LogP contribution in [0, 0.1) is 0 Å². The van der Waals surface area contributed by atoms with E-state index in [2.05, 4.69) is 10.1 Å². The second kappa shape index (κ2) is 4.93. The van der Waals surface area contributed by atoms with Crippen LogP contribution in [-0.4, -0.2) is 40.3 Å². The van der Waals surface area contributed by atoms with Crippen molar-refractivity contribution in [3.8, 4) is 0 Å². The molecule has 2 atom stereocenters. The lowest BCUT2D eigenvalue weighted by atomic mass is 9.86. The van der Waals surface area contributed by atoms with E-state index in [0.29, 0.717) is 18.3 Å². The number of rotatable bonds is 3. The van der Waals surface area contributed by atoms with E-state index >= 15 is 0 Å². The molecule has 90 valence electrons. The van der Waals surface area contributed by atoms with Gasteiger partial charge in [0.05, 0.1) is 18.6 Å². The SMILES string of the molecule is CN(C)Cc1noc(C2CCCCC2O)n1. The first-order valence-corrected chi connectivity index (χ1v) is 5.82. The molecule has 16 heavy (non-hydrogen) atoms. The van der Waals surface area contributed by atoms with Gasteiger partial charge in [0.15, 0.2) is 5.82 Å². The van der Waals surface area contributed by atoms with Crippen LogP contribution in [0.4, 0.5) is 0 Å². The molecule has 0 aromatic carbocycles. The third kappa shape index (κ3) is 2.59. The summed E-state index contributed by atoms with van der Waals surface area (Å²) in [5.41, 5.74) is 0. The largest absolute Gasteiger partial charge is 0.392 e. The minimum Gasteiger partial charge on any atom is -0.392 e. The summed E-state index contributed by atoms with van der Waals surface area (Å²) < 4.78 is 5.23. The minimum atomic E-state index is -0.318. The Hall–Kier alpha value is -0.940. The normalized spacial score (nSPS) is 26.2. The number of nitrogens with zero attached hydrogens (tertiary/aromatic N) is 3. The van der Waals surface area contributed by atoms with Crippen molar-refractivity contribution in [2.75, 3.05) is 14.1 Å². The standard InChI is InChI=1S/C11H19N3O2/c1-14(2)7-10-12-11(16-13-10)8-5-3-4-6-9(8)15/h8-9,15H,3-7H2,1-2H3. The Labute approximate surface area is 95.4 Å². The van der Waals surface area contributed by atoms with E-state index < -0.39 is 0 Å². The third-order valence-corrected chi connectivity index (χ3v) is 2.99. The quantitative estimate of drug-likeness (QED) is 0.836. The van der Waals surface area contributed by atoms with Gasteiger partial charge in [0, 0.05) is 0 Å². The summed E-state index contributed by atoms with van der Waals surface area (Å²) in [6.45, 7) is 0.673. The van der Waals surface area contributed by atoms with Crippen LogP contribution in [0.15, 0.2) is 4.52 Å². The molecule has 1 aliphatic rings. The average molecular weight is 225 g/mol. The molecule has 0 aliphatic heterocycles. The van der Waals surface area contributed by atoms with Crippen molar-refractivity contribution in [2.45, 2.75) is 44.2 Å². The summed E-state index contributed by atoms with van der Waals surface area (Å²) in [4.78, 5) is 6.34. The lowest BCUT2D eigenvalue weighted by Crippen LogP contribution is -2.22. The van der Waals surface area contributed by atoms with Gasteiger partial charge in [0.2, 0.25) is 5.89 Å². The zero-order valence-electron chi connectivity index (χ0n) is 9.89. The maximum Gasteiger partial charge on any atom is 0.232 e. The molecule has 1 N–H and O–H groups in total. The van der Waals surface area contributed by atoms with E-state index in [1.54, 1.807) is 0 Å². The molecule has 0 amide bonds. The Morgan fingerprint density at radius 3 is 2.81 bits per heavy atom. The molecule has 1 aromatic rings. The highest BCUT2D eigenvalue weighted by molar-refractivity contribution is 4.99. The number of aliphatic hydroxyl groups is 1. The fourth-order valence-electron chi connectivity index (χ4n) is 2.16. The van der Waals surface area contributed by atoms with E-state index in [1.807, 2.05) is 19.0 Å². The van der Waals surface area contributed by atoms with Crippen molar-refractivity contribution in [1.29, 1.82) is 0 Å². The number of aliphatic hydroxyl groups excluding tert-OH is 1. The van der Waals surface area contributed by atoms with Gasteiger partial charge in [-0.2, -0.15) is 4.98 Å². The molecule has 2 rings (SSSR count). The van der Waals surface area contributed by atoms with Crippen molar-refractivity contribution >= 4 is 0 Å². The van der Waals surface area contributed by atoms with Crippen LogP contribution in [0.1, 0.15) is 43.3 Å². The van der Waals surface area contributed by atoms with Gasteiger partial charge in [-0.3, -0.25) is 0 Å². The summed E-state index contributed by atoms with van der Waals surface area (Å²) in [5, 5.41) is 13.8. The monoisotopic (exact) mass is 225 g/mol. The molecule has 0 radical (unpaired) electrons. The zero-order valence-corrected chi connectivity index (χ0v) is 9.89. The number of hydrogen-bond acceptors (Lipinski definition) is 5. The van der Waals surface area contributed by atoms with Gasteiger partial charge in [-0.1, -0.05) is 18.0 Å². The second-order valence-corrected chi connectivity index (χ2v) is 4.74. The van der Waals surface area contributed by atoms with Crippen molar-refractivity contribution in [3.63, 3.8) is 0 Å². The van der Waals surface area contributed by atoms with Crippen LogP contribution in [0.5, 0.6) is 0 Å². The fraction of sp³-hybridized carbons (Fsp3) is 0.818. The van der Waals surface area contributed by atoms with E-state index in [4.69, 9.17) is 4.52 Å². The molecule has 1 saturated carbocycles. The van der Waals surface area contributed by atoms with Gasteiger partial charge in [-0.25, -0.2) is 0 Å². The number of aromatic nitrogens is 2. The van der Waals surface area contributed by atoms with Crippen LogP contribution in [0.2, 0.25) is 0 Å². The Morgan fingerprint density at radius 2 is 2.12 bits per heavy atom. The van der Waals surface area contributed by atoms with Gasteiger partial charge < -0.3 is 14.5 Å². The minimum absolute atomic E-state index is 0.0390.